The minimum absolute atomic E-state index is 0.0925. The van der Waals surface area contributed by atoms with Gasteiger partial charge in [0.15, 0.2) is 11.5 Å². The molecule has 4 aromatic rings. The minimum Gasteiger partial charge on any atom is -0.372 e. The molecule has 4 aromatic heterocycles. The summed E-state index contributed by atoms with van der Waals surface area (Å²) in [6.07, 6.45) is 5.91. The quantitative estimate of drug-likeness (QED) is 0.502. The van der Waals surface area contributed by atoms with E-state index in [1.807, 2.05) is 0 Å². The molecule has 0 aliphatic carbocycles. The van der Waals surface area contributed by atoms with Crippen LogP contribution >= 0.6 is 0 Å². The second kappa shape index (κ2) is 8.14. The van der Waals surface area contributed by atoms with Gasteiger partial charge >= 0.3 is 5.69 Å². The number of ether oxygens (including phenoxy) is 1. The molecule has 1 aliphatic heterocycles. The summed E-state index contributed by atoms with van der Waals surface area (Å²) < 4.78 is 8.44. The number of nitrogens with one attached hydrogen (secondary N) is 1. The Morgan fingerprint density at radius 3 is 3.03 bits per heavy atom. The minimum atomic E-state index is -0.536. The molecule has 0 aromatic carbocycles. The van der Waals surface area contributed by atoms with Crippen LogP contribution in [0.2, 0.25) is 0 Å². The zero-order valence-corrected chi connectivity index (χ0v) is 18.2. The van der Waals surface area contributed by atoms with Crippen LogP contribution in [0.5, 0.6) is 0 Å². The number of carbonyl (C=O) groups excluding carboxylic acids is 1. The van der Waals surface area contributed by atoms with Gasteiger partial charge in [0.2, 0.25) is 0 Å². The van der Waals surface area contributed by atoms with E-state index < -0.39 is 6.10 Å². The number of pyridine rings is 1. The van der Waals surface area contributed by atoms with E-state index in [1.165, 1.54) is 7.11 Å². The third kappa shape index (κ3) is 3.54. The Bertz CT molecular complexity index is 1460. The average molecular weight is 446 g/mol. The number of carbonyl (C=O) groups is 1. The number of fused-ring (bicyclic) bond motifs is 2. The highest BCUT2D eigenvalue weighted by atomic mass is 16.5. The van der Waals surface area contributed by atoms with Gasteiger partial charge in [-0.25, -0.2) is 19.3 Å². The number of imidazole rings is 1. The van der Waals surface area contributed by atoms with Crippen LogP contribution in [0.25, 0.3) is 28.1 Å². The first kappa shape index (κ1) is 20.8. The van der Waals surface area contributed by atoms with Crippen LogP contribution < -0.4 is 5.69 Å². The zero-order chi connectivity index (χ0) is 23.1. The molecule has 1 fully saturated rings. The summed E-state index contributed by atoms with van der Waals surface area (Å²) in [5, 5.41) is 13.6. The third-order valence-corrected chi connectivity index (χ3v) is 6.12. The molecule has 5 heterocycles. The first-order valence-electron chi connectivity index (χ1n) is 10.7. The van der Waals surface area contributed by atoms with E-state index in [0.29, 0.717) is 46.7 Å². The normalized spacial score (nSPS) is 17.4. The van der Waals surface area contributed by atoms with Crippen LogP contribution in [-0.4, -0.2) is 66.2 Å². The van der Waals surface area contributed by atoms with Crippen molar-refractivity contribution in [1.29, 1.82) is 5.26 Å². The zero-order valence-electron chi connectivity index (χ0n) is 18.2. The smallest absolute Gasteiger partial charge is 0.328 e. The SMILES string of the molecule is CO[C@@H](C)C(=O)N1CCC[C@H](n2c(=O)[nH]c3cnc(-c4cnn5ccc(C#N)cc45)nc32)C1. The van der Waals surface area contributed by atoms with Crippen molar-refractivity contribution in [1.82, 2.24) is 34.0 Å². The van der Waals surface area contributed by atoms with Gasteiger partial charge in [-0.05, 0) is 31.9 Å². The maximum absolute atomic E-state index is 12.9. The Morgan fingerprint density at radius 2 is 2.24 bits per heavy atom. The van der Waals surface area contributed by atoms with Crippen molar-refractivity contribution in [2.45, 2.75) is 31.9 Å². The van der Waals surface area contributed by atoms with Gasteiger partial charge in [-0.3, -0.25) is 9.36 Å². The molecule has 11 nitrogen and oxygen atoms in total. The first-order valence-corrected chi connectivity index (χ1v) is 10.7. The number of aromatic nitrogens is 6. The lowest BCUT2D eigenvalue weighted by atomic mass is 10.0. The number of nitriles is 1. The Hall–Kier alpha value is -4.04. The summed E-state index contributed by atoms with van der Waals surface area (Å²) >= 11 is 0. The Morgan fingerprint density at radius 1 is 1.39 bits per heavy atom. The Labute approximate surface area is 188 Å². The van der Waals surface area contributed by atoms with Crippen molar-refractivity contribution >= 4 is 22.6 Å². The van der Waals surface area contributed by atoms with Crippen LogP contribution in [-0.2, 0) is 9.53 Å². The standard InChI is InChI=1S/C22H22N8O3/c1-13(33-2)21(31)28-6-3-4-15(12-28)30-20-17(26-22(30)32)11-24-19(27-20)16-10-25-29-7-5-14(9-23)8-18(16)29/h5,7-8,10-11,13,15H,3-4,6,12H2,1-2H3,(H,26,32)/t13-,15-/m0/s1. The summed E-state index contributed by atoms with van der Waals surface area (Å²) in [6.45, 7) is 2.75. The first-order chi connectivity index (χ1) is 16.0. The van der Waals surface area contributed by atoms with Crippen molar-refractivity contribution < 1.29 is 9.53 Å². The lowest BCUT2D eigenvalue weighted by Crippen LogP contribution is -2.46. The van der Waals surface area contributed by atoms with Gasteiger partial charge in [0.25, 0.3) is 5.91 Å². The number of nitrogens with zero attached hydrogens (tertiary/aromatic N) is 7. The molecule has 0 unspecified atom stereocenters. The second-order valence-corrected chi connectivity index (χ2v) is 8.10. The van der Waals surface area contributed by atoms with E-state index in [1.54, 1.807) is 51.6 Å². The lowest BCUT2D eigenvalue weighted by Gasteiger charge is -2.34. The number of aromatic amines is 1. The maximum atomic E-state index is 12.9. The lowest BCUT2D eigenvalue weighted by molar-refractivity contribution is -0.142. The van der Waals surface area contributed by atoms with Crippen LogP contribution in [0.3, 0.4) is 0 Å². The van der Waals surface area contributed by atoms with Crippen molar-refractivity contribution in [3.8, 4) is 17.5 Å². The number of hydrogen-bond donors (Lipinski definition) is 1. The topological polar surface area (TPSA) is 134 Å². The molecule has 2 atom stereocenters. The fourth-order valence-electron chi connectivity index (χ4n) is 4.33. The maximum Gasteiger partial charge on any atom is 0.328 e. The van der Waals surface area contributed by atoms with Crippen molar-refractivity contribution in [2.75, 3.05) is 20.2 Å². The molecule has 1 amide bonds. The summed E-state index contributed by atoms with van der Waals surface area (Å²) in [4.78, 5) is 39.2. The summed E-state index contributed by atoms with van der Waals surface area (Å²) in [6, 6.07) is 5.31. The monoisotopic (exact) mass is 446 g/mol. The molecule has 1 N–H and O–H groups in total. The molecule has 5 rings (SSSR count). The second-order valence-electron chi connectivity index (χ2n) is 8.10. The number of piperidine rings is 1. The van der Waals surface area contributed by atoms with Crippen LogP contribution in [0.15, 0.2) is 35.5 Å². The summed E-state index contributed by atoms with van der Waals surface area (Å²) in [7, 11) is 1.51. The van der Waals surface area contributed by atoms with E-state index in [-0.39, 0.29) is 17.6 Å². The molecule has 168 valence electrons. The van der Waals surface area contributed by atoms with E-state index >= 15 is 0 Å². The fraction of sp³-hybridized carbons (Fsp3) is 0.364. The predicted octanol–water partition coefficient (Wildman–Crippen LogP) is 1.50. The van der Waals surface area contributed by atoms with Crippen molar-refractivity contribution in [3.05, 3.63) is 46.8 Å². The van der Waals surface area contributed by atoms with E-state index in [0.717, 1.165) is 12.8 Å². The molecular formula is C22H22N8O3. The molecule has 1 aliphatic rings. The van der Waals surface area contributed by atoms with Gasteiger partial charge in [0, 0.05) is 26.4 Å². The molecule has 0 spiro atoms. The van der Waals surface area contributed by atoms with Crippen LogP contribution in [0, 0.1) is 11.3 Å². The van der Waals surface area contributed by atoms with Gasteiger partial charge in [-0.1, -0.05) is 0 Å². The Balaban J connectivity index is 1.56. The van der Waals surface area contributed by atoms with Gasteiger partial charge in [-0.15, -0.1) is 0 Å². The van der Waals surface area contributed by atoms with Crippen molar-refractivity contribution in [3.63, 3.8) is 0 Å². The number of likely N-dealkylation sites (tertiary alicyclic amines) is 1. The van der Waals surface area contributed by atoms with Gasteiger partial charge in [-0.2, -0.15) is 10.4 Å². The summed E-state index contributed by atoms with van der Waals surface area (Å²) in [5.41, 5.74) is 2.55. The van der Waals surface area contributed by atoms with Gasteiger partial charge < -0.3 is 14.6 Å². The number of amides is 1. The van der Waals surface area contributed by atoms with Gasteiger partial charge in [0.05, 0.1) is 41.1 Å². The number of methoxy groups -OCH3 is 1. The van der Waals surface area contributed by atoms with Crippen LogP contribution in [0.4, 0.5) is 0 Å². The molecular weight excluding hydrogens is 424 g/mol. The fourth-order valence-corrected chi connectivity index (χ4v) is 4.33. The predicted molar refractivity (Wildman–Crippen MR) is 118 cm³/mol. The number of rotatable bonds is 4. The summed E-state index contributed by atoms with van der Waals surface area (Å²) in [5.74, 6) is 0.308. The number of hydrogen-bond acceptors (Lipinski definition) is 7. The molecule has 0 saturated carbocycles. The largest absolute Gasteiger partial charge is 0.372 e. The van der Waals surface area contributed by atoms with Gasteiger partial charge in [0.1, 0.15) is 11.6 Å². The van der Waals surface area contributed by atoms with Crippen LogP contribution in [0.1, 0.15) is 31.4 Å². The highest BCUT2D eigenvalue weighted by molar-refractivity contribution is 5.81. The molecule has 0 radical (unpaired) electrons. The highest BCUT2D eigenvalue weighted by Crippen LogP contribution is 2.26. The molecule has 11 heteroatoms. The molecule has 33 heavy (non-hydrogen) atoms. The van der Waals surface area contributed by atoms with Crippen molar-refractivity contribution in [2.24, 2.45) is 0 Å². The average Bonchev–Trinajstić information content (AvgIpc) is 3.42. The highest BCUT2D eigenvalue weighted by Gasteiger charge is 2.30. The number of H-pyrrole nitrogens is 1. The molecule has 0 bridgehead atoms. The third-order valence-electron chi connectivity index (χ3n) is 6.12. The van der Waals surface area contributed by atoms with E-state index in [2.05, 4.69) is 21.1 Å². The Kier molecular flexibility index (Phi) is 5.14. The van der Waals surface area contributed by atoms with E-state index in [4.69, 9.17) is 9.72 Å². The van der Waals surface area contributed by atoms with E-state index in [9.17, 15) is 14.9 Å². The molecule has 1 saturated heterocycles.